The zero-order chi connectivity index (χ0) is 26.0. The normalized spacial score (nSPS) is 13.3. The van der Waals surface area contributed by atoms with E-state index in [2.05, 4.69) is 55.0 Å². The molecule has 1 atom stereocenters. The van der Waals surface area contributed by atoms with Crippen molar-refractivity contribution in [1.29, 1.82) is 0 Å². The third kappa shape index (κ3) is 7.71. The average Bonchev–Trinajstić information content (AvgIpc) is 3.23. The van der Waals surface area contributed by atoms with E-state index in [4.69, 9.17) is 0 Å². The summed E-state index contributed by atoms with van der Waals surface area (Å²) in [6.45, 7) is 11.8. The van der Waals surface area contributed by atoms with Crippen LogP contribution in [0.1, 0.15) is 82.2 Å². The highest BCUT2D eigenvalue weighted by Gasteiger charge is 2.21. The second-order valence-corrected chi connectivity index (χ2v) is 8.72. The SMILES string of the molecule is CCCCc1c(C(C)c2ccc(C)cc2)[nH]c2ccc(F)c(F)c12.C\C=C(F)/C=N/C(C)=C/CC. The van der Waals surface area contributed by atoms with Crippen molar-refractivity contribution in [2.45, 2.75) is 73.1 Å². The maximum atomic E-state index is 14.4. The van der Waals surface area contributed by atoms with Gasteiger partial charge in [-0.1, -0.05) is 69.2 Å². The van der Waals surface area contributed by atoms with Crippen molar-refractivity contribution in [1.82, 2.24) is 4.98 Å². The lowest BCUT2D eigenvalue weighted by Crippen LogP contribution is -2.01. The lowest BCUT2D eigenvalue weighted by Gasteiger charge is -2.14. The number of nitrogens with zero attached hydrogens (tertiary/aromatic N) is 1. The van der Waals surface area contributed by atoms with Crippen molar-refractivity contribution in [3.63, 3.8) is 0 Å². The molecule has 0 spiro atoms. The highest BCUT2D eigenvalue weighted by molar-refractivity contribution is 5.86. The standard InChI is InChI=1S/C21H23F2N.C9H14FN/c1-4-5-6-16-19-18(12-11-17(22)20(19)23)24-21(16)14(3)15-9-7-13(2)8-10-15;1-4-6-8(3)11-7-9(10)5-2/h7-12,14,24H,4-6H2,1-3H3;5-7H,4H2,1-3H3/b;8-6+,9-5+,11-7+. The molecule has 1 heterocycles. The highest BCUT2D eigenvalue weighted by Crippen LogP contribution is 2.34. The van der Waals surface area contributed by atoms with Gasteiger partial charge in [-0.3, -0.25) is 4.99 Å². The van der Waals surface area contributed by atoms with E-state index < -0.39 is 11.6 Å². The molecule has 0 saturated heterocycles. The second kappa shape index (κ2) is 13.7. The third-order valence-electron chi connectivity index (χ3n) is 5.95. The first-order valence-electron chi connectivity index (χ1n) is 12.3. The van der Waals surface area contributed by atoms with Gasteiger partial charge in [0, 0.05) is 28.2 Å². The number of aliphatic imine (C=N–C) groups is 1. The number of aryl methyl sites for hydroxylation is 2. The minimum atomic E-state index is -0.784. The number of hydrogen-bond acceptors (Lipinski definition) is 1. The Hall–Kier alpha value is -3.08. The van der Waals surface area contributed by atoms with Crippen molar-refractivity contribution >= 4 is 17.1 Å². The number of unbranched alkanes of at least 4 members (excludes halogenated alkanes) is 1. The second-order valence-electron chi connectivity index (χ2n) is 8.72. The number of benzene rings is 2. The van der Waals surface area contributed by atoms with Gasteiger partial charge in [-0.05, 0) is 63.3 Å². The van der Waals surface area contributed by atoms with Gasteiger partial charge in [-0.2, -0.15) is 0 Å². The van der Waals surface area contributed by atoms with Gasteiger partial charge in [-0.25, -0.2) is 13.2 Å². The fraction of sp³-hybridized carbons (Fsp3) is 0.367. The molecule has 2 nitrogen and oxygen atoms in total. The number of rotatable bonds is 8. The van der Waals surface area contributed by atoms with E-state index in [-0.39, 0.29) is 11.7 Å². The van der Waals surface area contributed by atoms with Crippen LogP contribution >= 0.6 is 0 Å². The van der Waals surface area contributed by atoms with Gasteiger partial charge in [-0.15, -0.1) is 0 Å². The maximum Gasteiger partial charge on any atom is 0.168 e. The Morgan fingerprint density at radius 2 is 1.77 bits per heavy atom. The molecule has 0 aliphatic rings. The summed E-state index contributed by atoms with van der Waals surface area (Å²) in [4.78, 5) is 7.22. The van der Waals surface area contributed by atoms with Gasteiger partial charge in [0.25, 0.3) is 0 Å². The molecular formula is C30H37F3N2. The summed E-state index contributed by atoms with van der Waals surface area (Å²) in [5, 5.41) is 0.414. The maximum absolute atomic E-state index is 14.4. The van der Waals surface area contributed by atoms with E-state index in [1.807, 2.05) is 19.9 Å². The van der Waals surface area contributed by atoms with Crippen molar-refractivity contribution in [2.24, 2.45) is 4.99 Å². The molecule has 0 aliphatic carbocycles. The van der Waals surface area contributed by atoms with Crippen LogP contribution in [0.25, 0.3) is 10.9 Å². The molecule has 0 aliphatic heterocycles. The number of H-pyrrole nitrogens is 1. The first-order chi connectivity index (χ1) is 16.7. The van der Waals surface area contributed by atoms with Crippen LogP contribution in [0.2, 0.25) is 0 Å². The summed E-state index contributed by atoms with van der Waals surface area (Å²) >= 11 is 0. The molecule has 0 bridgehead atoms. The Morgan fingerprint density at radius 1 is 1.09 bits per heavy atom. The van der Waals surface area contributed by atoms with Gasteiger partial charge in [0.1, 0.15) is 5.83 Å². The number of nitrogens with one attached hydrogen (secondary N) is 1. The Morgan fingerprint density at radius 3 is 2.37 bits per heavy atom. The third-order valence-corrected chi connectivity index (χ3v) is 5.95. The predicted octanol–water partition coefficient (Wildman–Crippen LogP) is 9.49. The van der Waals surface area contributed by atoms with Crippen molar-refractivity contribution in [3.8, 4) is 0 Å². The Labute approximate surface area is 207 Å². The summed E-state index contributed by atoms with van der Waals surface area (Å²) in [7, 11) is 0. The molecule has 3 rings (SSSR count). The van der Waals surface area contributed by atoms with E-state index in [1.165, 1.54) is 29.5 Å². The molecule has 1 N–H and O–H groups in total. The van der Waals surface area contributed by atoms with E-state index in [0.29, 0.717) is 10.9 Å². The van der Waals surface area contributed by atoms with Crippen LogP contribution < -0.4 is 0 Å². The summed E-state index contributed by atoms with van der Waals surface area (Å²) in [5.41, 5.74) is 5.81. The van der Waals surface area contributed by atoms with Gasteiger partial charge >= 0.3 is 0 Å². The van der Waals surface area contributed by atoms with Gasteiger partial charge in [0.15, 0.2) is 11.6 Å². The van der Waals surface area contributed by atoms with Gasteiger partial charge in [0.05, 0.1) is 6.21 Å². The molecule has 188 valence electrons. The summed E-state index contributed by atoms with van der Waals surface area (Å²) in [6, 6.07) is 11.2. The van der Waals surface area contributed by atoms with Crippen LogP contribution in [0.15, 0.2) is 65.1 Å². The molecule has 3 aromatic rings. The van der Waals surface area contributed by atoms with Crippen molar-refractivity contribution in [3.05, 3.63) is 94.1 Å². The molecule has 0 amide bonds. The Balaban J connectivity index is 0.000000334. The largest absolute Gasteiger partial charge is 0.358 e. The number of fused-ring (bicyclic) bond motifs is 1. The smallest absolute Gasteiger partial charge is 0.168 e. The minimum Gasteiger partial charge on any atom is -0.358 e. The van der Waals surface area contributed by atoms with Gasteiger partial charge < -0.3 is 4.98 Å². The van der Waals surface area contributed by atoms with Crippen LogP contribution in [-0.4, -0.2) is 11.2 Å². The van der Waals surface area contributed by atoms with Crippen LogP contribution in [-0.2, 0) is 6.42 Å². The molecule has 5 heteroatoms. The molecule has 1 unspecified atom stereocenters. The van der Waals surface area contributed by atoms with Gasteiger partial charge in [0.2, 0.25) is 0 Å². The van der Waals surface area contributed by atoms with Crippen molar-refractivity contribution < 1.29 is 13.2 Å². The molecule has 0 radical (unpaired) electrons. The molecule has 0 fully saturated rings. The van der Waals surface area contributed by atoms with E-state index in [9.17, 15) is 13.2 Å². The van der Waals surface area contributed by atoms with E-state index in [0.717, 1.165) is 42.6 Å². The molecule has 1 aromatic heterocycles. The van der Waals surface area contributed by atoms with Crippen molar-refractivity contribution in [2.75, 3.05) is 0 Å². The number of aromatic amines is 1. The first kappa shape index (κ1) is 28.2. The van der Waals surface area contributed by atoms with Crippen LogP contribution in [0, 0.1) is 18.6 Å². The monoisotopic (exact) mass is 482 g/mol. The fourth-order valence-electron chi connectivity index (χ4n) is 3.90. The number of halogens is 3. The zero-order valence-electron chi connectivity index (χ0n) is 21.7. The molecule has 2 aromatic carbocycles. The lowest BCUT2D eigenvalue weighted by molar-refractivity contribution is 0.516. The average molecular weight is 483 g/mol. The summed E-state index contributed by atoms with van der Waals surface area (Å²) in [5.74, 6) is -1.72. The molecular weight excluding hydrogens is 445 g/mol. The lowest BCUT2D eigenvalue weighted by atomic mass is 9.92. The van der Waals surface area contributed by atoms with Crippen LogP contribution in [0.3, 0.4) is 0 Å². The Kier molecular flexibility index (Phi) is 11.0. The quantitative estimate of drug-likeness (QED) is 0.310. The highest BCUT2D eigenvalue weighted by atomic mass is 19.2. The first-order valence-corrected chi connectivity index (χ1v) is 12.3. The Bertz CT molecular complexity index is 1180. The predicted molar refractivity (Wildman–Crippen MR) is 143 cm³/mol. The summed E-state index contributed by atoms with van der Waals surface area (Å²) in [6.07, 6.45) is 8.20. The number of aromatic nitrogens is 1. The molecule has 35 heavy (non-hydrogen) atoms. The van der Waals surface area contributed by atoms with Crippen LogP contribution in [0.5, 0.6) is 0 Å². The number of allylic oxidation sites excluding steroid dienone is 4. The van der Waals surface area contributed by atoms with Crippen LogP contribution in [0.4, 0.5) is 13.2 Å². The minimum absolute atomic E-state index is 0.104. The number of hydrogen-bond donors (Lipinski definition) is 1. The fourth-order valence-corrected chi connectivity index (χ4v) is 3.90. The zero-order valence-corrected chi connectivity index (χ0v) is 21.7. The van der Waals surface area contributed by atoms with E-state index in [1.54, 1.807) is 13.0 Å². The molecule has 0 saturated carbocycles. The van der Waals surface area contributed by atoms with E-state index >= 15 is 0 Å². The summed E-state index contributed by atoms with van der Waals surface area (Å²) < 4.78 is 40.6. The topological polar surface area (TPSA) is 28.1 Å².